The second-order valence-corrected chi connectivity index (χ2v) is 6.96. The molecule has 1 aliphatic rings. The third-order valence-electron chi connectivity index (χ3n) is 4.94. The summed E-state index contributed by atoms with van der Waals surface area (Å²) in [6.45, 7) is 1.17. The van der Waals surface area contributed by atoms with Crippen LogP contribution in [0.15, 0.2) is 48.5 Å². The van der Waals surface area contributed by atoms with Crippen LogP contribution < -0.4 is 5.73 Å². The maximum Gasteiger partial charge on any atom is 0.303 e. The van der Waals surface area contributed by atoms with Crippen LogP contribution in [-0.2, 0) is 16.0 Å². The molecule has 6 heteroatoms. The van der Waals surface area contributed by atoms with Crippen LogP contribution in [0.3, 0.4) is 0 Å². The molecule has 140 valence electrons. The van der Waals surface area contributed by atoms with Crippen molar-refractivity contribution in [3.05, 3.63) is 59.7 Å². The van der Waals surface area contributed by atoms with Crippen molar-refractivity contribution in [2.75, 3.05) is 13.1 Å². The van der Waals surface area contributed by atoms with Crippen LogP contribution in [0.1, 0.15) is 24.0 Å². The number of amidine groups is 1. The summed E-state index contributed by atoms with van der Waals surface area (Å²) in [6, 6.07) is 15.3. The Morgan fingerprint density at radius 3 is 2.22 bits per heavy atom. The van der Waals surface area contributed by atoms with Crippen molar-refractivity contribution in [2.24, 2.45) is 11.7 Å². The molecule has 0 spiro atoms. The van der Waals surface area contributed by atoms with Gasteiger partial charge in [0.25, 0.3) is 0 Å². The lowest BCUT2D eigenvalue weighted by Gasteiger charge is -2.16. The fraction of sp³-hybridized carbons (Fsp3) is 0.286. The Hall–Kier alpha value is -3.15. The number of hydrogen-bond donors (Lipinski definition) is 3. The van der Waals surface area contributed by atoms with E-state index in [4.69, 9.17) is 16.2 Å². The summed E-state index contributed by atoms with van der Waals surface area (Å²) in [4.78, 5) is 25.0. The summed E-state index contributed by atoms with van der Waals surface area (Å²) in [5, 5.41) is 16.3. The van der Waals surface area contributed by atoms with E-state index < -0.39 is 5.97 Å². The van der Waals surface area contributed by atoms with Crippen LogP contribution in [0.4, 0.5) is 0 Å². The Morgan fingerprint density at radius 1 is 1.07 bits per heavy atom. The third-order valence-corrected chi connectivity index (χ3v) is 4.94. The number of amides is 1. The second-order valence-electron chi connectivity index (χ2n) is 6.96. The predicted molar refractivity (Wildman–Crippen MR) is 104 cm³/mol. The van der Waals surface area contributed by atoms with Crippen molar-refractivity contribution in [2.45, 2.75) is 19.3 Å². The van der Waals surface area contributed by atoms with Gasteiger partial charge in [-0.1, -0.05) is 48.5 Å². The molecule has 1 heterocycles. The van der Waals surface area contributed by atoms with Crippen molar-refractivity contribution < 1.29 is 14.7 Å². The highest BCUT2D eigenvalue weighted by molar-refractivity contribution is 5.95. The number of nitrogen functional groups attached to an aromatic ring is 1. The van der Waals surface area contributed by atoms with E-state index in [-0.39, 0.29) is 24.1 Å². The Labute approximate surface area is 158 Å². The normalized spacial score (nSPS) is 16.3. The van der Waals surface area contributed by atoms with E-state index in [1.165, 1.54) is 0 Å². The van der Waals surface area contributed by atoms with Crippen molar-refractivity contribution in [1.29, 1.82) is 5.41 Å². The number of hydrogen-bond acceptors (Lipinski definition) is 3. The van der Waals surface area contributed by atoms with E-state index in [2.05, 4.69) is 0 Å². The minimum atomic E-state index is -0.804. The van der Waals surface area contributed by atoms with Crippen LogP contribution in [0.2, 0.25) is 0 Å². The second kappa shape index (κ2) is 8.03. The Kier molecular flexibility index (Phi) is 5.54. The molecule has 0 saturated carbocycles. The number of rotatable bonds is 6. The van der Waals surface area contributed by atoms with E-state index in [1.54, 1.807) is 4.90 Å². The van der Waals surface area contributed by atoms with Crippen molar-refractivity contribution in [1.82, 2.24) is 4.90 Å². The number of carboxylic acids is 1. The van der Waals surface area contributed by atoms with Gasteiger partial charge < -0.3 is 15.7 Å². The van der Waals surface area contributed by atoms with Gasteiger partial charge in [-0.2, -0.15) is 0 Å². The molecule has 1 amide bonds. The molecular formula is C21H23N3O3. The summed E-state index contributed by atoms with van der Waals surface area (Å²) in [7, 11) is 0. The molecule has 27 heavy (non-hydrogen) atoms. The van der Waals surface area contributed by atoms with Gasteiger partial charge in [0.05, 0.1) is 6.42 Å². The topological polar surface area (TPSA) is 107 Å². The number of nitrogens with zero attached hydrogens (tertiary/aromatic N) is 1. The van der Waals surface area contributed by atoms with E-state index in [0.29, 0.717) is 25.1 Å². The highest BCUT2D eigenvalue weighted by Gasteiger charge is 2.27. The average Bonchev–Trinajstić information content (AvgIpc) is 3.10. The molecular weight excluding hydrogens is 342 g/mol. The van der Waals surface area contributed by atoms with Crippen LogP contribution in [-0.4, -0.2) is 40.8 Å². The zero-order chi connectivity index (χ0) is 19.4. The molecule has 3 rings (SSSR count). The highest BCUT2D eigenvalue weighted by atomic mass is 16.4. The van der Waals surface area contributed by atoms with E-state index in [0.717, 1.165) is 23.1 Å². The minimum Gasteiger partial charge on any atom is -0.481 e. The number of likely N-dealkylation sites (tertiary alicyclic amines) is 1. The standard InChI is InChI=1S/C21H23N3O3/c22-21(23)18-7-5-17(6-8-18)16-3-1-14(2-4-16)11-19(25)24-10-9-15(13-24)12-20(26)27/h1-8,15H,9-13H2,(H3,22,23)(H,26,27). The fourth-order valence-electron chi connectivity index (χ4n) is 3.42. The van der Waals surface area contributed by atoms with E-state index >= 15 is 0 Å². The average molecular weight is 365 g/mol. The largest absolute Gasteiger partial charge is 0.481 e. The zero-order valence-electron chi connectivity index (χ0n) is 15.0. The summed E-state index contributed by atoms with van der Waals surface area (Å²) >= 11 is 0. The van der Waals surface area contributed by atoms with Crippen molar-refractivity contribution >= 4 is 17.7 Å². The molecule has 1 unspecified atom stereocenters. The number of aliphatic carboxylic acids is 1. The van der Waals surface area contributed by atoms with Gasteiger partial charge in [0.15, 0.2) is 0 Å². The molecule has 1 fully saturated rings. The van der Waals surface area contributed by atoms with Crippen molar-refractivity contribution in [3.8, 4) is 11.1 Å². The molecule has 4 N–H and O–H groups in total. The van der Waals surface area contributed by atoms with Crippen LogP contribution in [0.5, 0.6) is 0 Å². The van der Waals surface area contributed by atoms with Crippen molar-refractivity contribution in [3.63, 3.8) is 0 Å². The molecule has 0 bridgehead atoms. The lowest BCUT2D eigenvalue weighted by atomic mass is 10.0. The number of carbonyl (C=O) groups is 2. The van der Waals surface area contributed by atoms with Crippen LogP contribution in [0.25, 0.3) is 11.1 Å². The molecule has 6 nitrogen and oxygen atoms in total. The van der Waals surface area contributed by atoms with E-state index in [1.807, 2.05) is 48.5 Å². The molecule has 0 aromatic heterocycles. The molecule has 0 aliphatic carbocycles. The molecule has 2 aromatic carbocycles. The maximum atomic E-state index is 12.4. The van der Waals surface area contributed by atoms with Gasteiger partial charge in [-0.15, -0.1) is 0 Å². The number of benzene rings is 2. The first-order chi connectivity index (χ1) is 12.9. The smallest absolute Gasteiger partial charge is 0.303 e. The Morgan fingerprint density at radius 2 is 1.67 bits per heavy atom. The quantitative estimate of drug-likeness (QED) is 0.540. The fourth-order valence-corrected chi connectivity index (χ4v) is 3.42. The summed E-state index contributed by atoms with van der Waals surface area (Å²) in [6.07, 6.45) is 1.21. The van der Waals surface area contributed by atoms with E-state index in [9.17, 15) is 9.59 Å². The molecule has 1 saturated heterocycles. The molecule has 1 aliphatic heterocycles. The van der Waals surface area contributed by atoms with Gasteiger partial charge in [-0.05, 0) is 29.0 Å². The summed E-state index contributed by atoms with van der Waals surface area (Å²) in [5.41, 5.74) is 9.15. The first-order valence-electron chi connectivity index (χ1n) is 8.95. The first kappa shape index (κ1) is 18.6. The maximum absolute atomic E-state index is 12.4. The number of carboxylic acid groups (broad SMARTS) is 1. The minimum absolute atomic E-state index is 0.0430. The van der Waals surface area contributed by atoms with Gasteiger partial charge in [0.1, 0.15) is 5.84 Å². The lowest BCUT2D eigenvalue weighted by molar-refractivity contribution is -0.138. The number of nitrogens with two attached hydrogens (primary N) is 1. The molecule has 1 atom stereocenters. The number of carbonyl (C=O) groups excluding carboxylic acids is 1. The highest BCUT2D eigenvalue weighted by Crippen LogP contribution is 2.23. The lowest BCUT2D eigenvalue weighted by Crippen LogP contribution is -2.30. The van der Waals surface area contributed by atoms with Crippen LogP contribution in [0, 0.1) is 11.3 Å². The SMILES string of the molecule is N=C(N)c1ccc(-c2ccc(CC(=O)N3CCC(CC(=O)O)C3)cc2)cc1. The molecule has 0 radical (unpaired) electrons. The number of nitrogens with one attached hydrogen (secondary N) is 1. The zero-order valence-corrected chi connectivity index (χ0v) is 15.0. The first-order valence-corrected chi connectivity index (χ1v) is 8.95. The van der Waals surface area contributed by atoms with Gasteiger partial charge in [0, 0.05) is 25.1 Å². The Balaban J connectivity index is 1.60. The van der Waals surface area contributed by atoms with Gasteiger partial charge in [-0.25, -0.2) is 0 Å². The van der Waals surface area contributed by atoms with Crippen LogP contribution >= 0.6 is 0 Å². The summed E-state index contributed by atoms with van der Waals surface area (Å²) < 4.78 is 0. The van der Waals surface area contributed by atoms with Gasteiger partial charge in [-0.3, -0.25) is 15.0 Å². The summed E-state index contributed by atoms with van der Waals surface area (Å²) in [5.74, 6) is -0.655. The van der Waals surface area contributed by atoms with Gasteiger partial charge >= 0.3 is 5.97 Å². The monoisotopic (exact) mass is 365 g/mol. The predicted octanol–water partition coefficient (Wildman–Crippen LogP) is 2.50. The third kappa shape index (κ3) is 4.73. The Bertz CT molecular complexity index is 844. The van der Waals surface area contributed by atoms with Gasteiger partial charge in [0.2, 0.25) is 5.91 Å². The molecule has 2 aromatic rings.